The molecule has 3 aromatic rings. The highest BCUT2D eigenvalue weighted by Crippen LogP contribution is 2.33. The molecule has 0 spiro atoms. The summed E-state index contributed by atoms with van der Waals surface area (Å²) in [5.41, 5.74) is 3.41. The van der Waals surface area contributed by atoms with Crippen LogP contribution in [0.15, 0.2) is 48.7 Å². The van der Waals surface area contributed by atoms with Crippen LogP contribution in [-0.2, 0) is 0 Å². The van der Waals surface area contributed by atoms with Crippen molar-refractivity contribution >= 4 is 58.1 Å². The summed E-state index contributed by atoms with van der Waals surface area (Å²) in [6.07, 6.45) is 1.15. The van der Waals surface area contributed by atoms with E-state index < -0.39 is 5.82 Å². The predicted molar refractivity (Wildman–Crippen MR) is 147 cm³/mol. The second-order valence-corrected chi connectivity index (χ2v) is 11.5. The van der Waals surface area contributed by atoms with Crippen LogP contribution in [0.1, 0.15) is 20.8 Å². The summed E-state index contributed by atoms with van der Waals surface area (Å²) in [4.78, 5) is 13.1. The molecule has 0 bridgehead atoms. The molecule has 1 aliphatic rings. The minimum absolute atomic E-state index is 0.00872. The highest BCUT2D eigenvalue weighted by molar-refractivity contribution is 8.01. The number of anilines is 6. The van der Waals surface area contributed by atoms with Crippen molar-refractivity contribution < 1.29 is 4.39 Å². The molecule has 3 N–H and O–H groups in total. The summed E-state index contributed by atoms with van der Waals surface area (Å²) in [6, 6.07) is 13.5. The van der Waals surface area contributed by atoms with Crippen molar-refractivity contribution in [2.24, 2.45) is 0 Å². The van der Waals surface area contributed by atoms with Gasteiger partial charge < -0.3 is 25.2 Å². The minimum atomic E-state index is -0.547. The number of piperazine rings is 1. The molecule has 4 rings (SSSR count). The van der Waals surface area contributed by atoms with E-state index in [4.69, 9.17) is 11.6 Å². The molecule has 0 saturated carbocycles. The van der Waals surface area contributed by atoms with E-state index in [2.05, 4.69) is 75.1 Å². The second-order valence-electron chi connectivity index (χ2n) is 9.49. The first-order chi connectivity index (χ1) is 16.7. The molecule has 0 aliphatic carbocycles. The Morgan fingerprint density at radius 2 is 1.66 bits per heavy atom. The first kappa shape index (κ1) is 25.3. The number of hydrogen-bond donors (Lipinski definition) is 3. The minimum Gasteiger partial charge on any atom is -0.369 e. The Balaban J connectivity index is 1.44. The van der Waals surface area contributed by atoms with E-state index in [1.807, 2.05) is 18.2 Å². The smallest absolute Gasteiger partial charge is 0.229 e. The summed E-state index contributed by atoms with van der Waals surface area (Å²) in [5.74, 6) is -0.167. The molecule has 1 fully saturated rings. The zero-order chi connectivity index (χ0) is 25.0. The molecule has 2 heterocycles. The van der Waals surface area contributed by atoms with Crippen LogP contribution in [0.5, 0.6) is 0 Å². The third-order valence-electron chi connectivity index (χ3n) is 5.43. The monoisotopic (exact) mass is 515 g/mol. The van der Waals surface area contributed by atoms with E-state index in [0.29, 0.717) is 16.7 Å². The van der Waals surface area contributed by atoms with Gasteiger partial charge in [-0.1, -0.05) is 11.6 Å². The maximum atomic E-state index is 14.5. The molecule has 1 aliphatic heterocycles. The van der Waals surface area contributed by atoms with Gasteiger partial charge in [0.1, 0.15) is 0 Å². The fourth-order valence-corrected chi connectivity index (χ4v) is 4.30. The summed E-state index contributed by atoms with van der Waals surface area (Å²) in [5, 5.41) is 6.78. The molecule has 0 radical (unpaired) electrons. The van der Waals surface area contributed by atoms with Gasteiger partial charge in [0.2, 0.25) is 5.95 Å². The molecule has 10 heteroatoms. The van der Waals surface area contributed by atoms with Gasteiger partial charge in [0.05, 0.1) is 16.9 Å². The van der Waals surface area contributed by atoms with Crippen molar-refractivity contribution in [2.75, 3.05) is 53.5 Å². The number of nitrogens with zero attached hydrogens (tertiary/aromatic N) is 4. The van der Waals surface area contributed by atoms with Crippen LogP contribution in [0.4, 0.5) is 38.9 Å². The Hall–Kier alpha value is -2.75. The highest BCUT2D eigenvalue weighted by Gasteiger charge is 2.15. The van der Waals surface area contributed by atoms with Crippen molar-refractivity contribution in [1.29, 1.82) is 0 Å². The molecule has 7 nitrogen and oxygen atoms in total. The molecular formula is C25H31ClFN7S. The van der Waals surface area contributed by atoms with Crippen molar-refractivity contribution in [1.82, 2.24) is 14.9 Å². The highest BCUT2D eigenvalue weighted by atomic mass is 35.5. The molecule has 1 saturated heterocycles. The van der Waals surface area contributed by atoms with Crippen LogP contribution in [0.2, 0.25) is 5.02 Å². The Morgan fingerprint density at radius 1 is 0.971 bits per heavy atom. The molecule has 0 amide bonds. The van der Waals surface area contributed by atoms with Gasteiger partial charge in [-0.05, 0) is 82.2 Å². The third kappa shape index (κ3) is 7.13. The van der Waals surface area contributed by atoms with Crippen LogP contribution in [-0.4, -0.2) is 52.8 Å². The van der Waals surface area contributed by atoms with Crippen molar-refractivity contribution in [2.45, 2.75) is 25.5 Å². The van der Waals surface area contributed by atoms with Gasteiger partial charge in [-0.2, -0.15) is 4.98 Å². The molecule has 0 unspecified atom stereocenters. The molecule has 186 valence electrons. The average molecular weight is 516 g/mol. The largest absolute Gasteiger partial charge is 0.369 e. The van der Waals surface area contributed by atoms with E-state index in [1.165, 1.54) is 5.69 Å². The van der Waals surface area contributed by atoms with E-state index in [-0.39, 0.29) is 10.6 Å². The SMILES string of the molecule is CN1CCN(c2ccc(Nc3ncc(F)c(Nc4ccc(Cl)c(NSC(C)(C)C)c4)n3)cc2)CC1. The number of halogens is 2. The maximum absolute atomic E-state index is 14.5. The van der Waals surface area contributed by atoms with Gasteiger partial charge in [0, 0.05) is 48.0 Å². The first-order valence-electron chi connectivity index (χ1n) is 11.5. The van der Waals surface area contributed by atoms with Crippen LogP contribution in [0, 0.1) is 5.82 Å². The molecular weight excluding hydrogens is 485 g/mol. The van der Waals surface area contributed by atoms with Crippen LogP contribution >= 0.6 is 23.5 Å². The lowest BCUT2D eigenvalue weighted by Gasteiger charge is -2.34. The molecule has 1 aromatic heterocycles. The number of benzene rings is 2. The van der Waals surface area contributed by atoms with Crippen molar-refractivity contribution in [3.8, 4) is 0 Å². The van der Waals surface area contributed by atoms with Gasteiger partial charge in [0.15, 0.2) is 11.6 Å². The lowest BCUT2D eigenvalue weighted by atomic mass is 10.2. The Labute approximate surface area is 215 Å². The zero-order valence-corrected chi connectivity index (χ0v) is 22.0. The van der Waals surface area contributed by atoms with Gasteiger partial charge in [-0.3, -0.25) is 0 Å². The summed E-state index contributed by atoms with van der Waals surface area (Å²) >= 11 is 7.88. The van der Waals surface area contributed by atoms with Crippen molar-refractivity contribution in [3.63, 3.8) is 0 Å². The second kappa shape index (κ2) is 10.9. The molecule has 0 atom stereocenters. The maximum Gasteiger partial charge on any atom is 0.229 e. The van der Waals surface area contributed by atoms with Crippen molar-refractivity contribution in [3.05, 3.63) is 59.5 Å². The van der Waals surface area contributed by atoms with Gasteiger partial charge >= 0.3 is 0 Å². The average Bonchev–Trinajstić information content (AvgIpc) is 2.82. The topological polar surface area (TPSA) is 68.3 Å². The number of hydrogen-bond acceptors (Lipinski definition) is 8. The fourth-order valence-electron chi connectivity index (χ4n) is 3.49. The van der Waals surface area contributed by atoms with E-state index >= 15 is 0 Å². The summed E-state index contributed by atoms with van der Waals surface area (Å²) < 4.78 is 17.8. The zero-order valence-electron chi connectivity index (χ0n) is 20.4. The van der Waals surface area contributed by atoms with E-state index in [1.54, 1.807) is 24.1 Å². The lowest BCUT2D eigenvalue weighted by molar-refractivity contribution is 0.313. The number of likely N-dealkylation sites (N-methyl/N-ethyl adjacent to an activating group) is 1. The third-order valence-corrected chi connectivity index (χ3v) is 6.70. The summed E-state index contributed by atoms with van der Waals surface area (Å²) in [6.45, 7) is 10.4. The van der Waals surface area contributed by atoms with E-state index in [9.17, 15) is 4.39 Å². The van der Waals surface area contributed by atoms with E-state index in [0.717, 1.165) is 43.8 Å². The van der Waals surface area contributed by atoms with Gasteiger partial charge in [-0.15, -0.1) is 0 Å². The van der Waals surface area contributed by atoms with Gasteiger partial charge in [-0.25, -0.2) is 9.37 Å². The predicted octanol–water partition coefficient (Wildman–Crippen LogP) is 6.37. The molecule has 2 aromatic carbocycles. The normalized spacial score (nSPS) is 14.6. The van der Waals surface area contributed by atoms with Crippen LogP contribution in [0.3, 0.4) is 0 Å². The quantitative estimate of drug-likeness (QED) is 0.314. The number of aromatic nitrogens is 2. The number of rotatable bonds is 7. The van der Waals surface area contributed by atoms with Crippen LogP contribution < -0.4 is 20.3 Å². The fraction of sp³-hybridized carbons (Fsp3) is 0.360. The van der Waals surface area contributed by atoms with Gasteiger partial charge in [0.25, 0.3) is 0 Å². The first-order valence-corrected chi connectivity index (χ1v) is 12.7. The Kier molecular flexibility index (Phi) is 7.88. The summed E-state index contributed by atoms with van der Waals surface area (Å²) in [7, 11) is 2.14. The number of nitrogens with one attached hydrogen (secondary N) is 3. The lowest BCUT2D eigenvalue weighted by Crippen LogP contribution is -2.44. The Morgan fingerprint density at radius 3 is 2.34 bits per heavy atom. The van der Waals surface area contributed by atoms with Crippen LogP contribution in [0.25, 0.3) is 0 Å². The standard InChI is InChI=1S/C25H31ClFN7S/c1-25(2,3)35-32-22-15-18(7-10-20(22)26)29-23-21(27)16-28-24(31-23)30-17-5-8-19(9-6-17)34-13-11-33(4)12-14-34/h5-10,15-16,32H,11-14H2,1-4H3,(H2,28,29,30,31). The molecule has 35 heavy (non-hydrogen) atoms. The Bertz CT molecular complexity index is 1150.